The molecule has 0 saturated carbocycles. The van der Waals surface area contributed by atoms with E-state index in [0.29, 0.717) is 0 Å². The van der Waals surface area contributed by atoms with E-state index in [1.807, 2.05) is 32.9 Å². The van der Waals surface area contributed by atoms with Crippen LogP contribution in [0.2, 0.25) is 0 Å². The fraction of sp³-hybridized carbons (Fsp3) is 0.250. The molecule has 0 saturated heterocycles. The summed E-state index contributed by atoms with van der Waals surface area (Å²) in [5.74, 6) is 0. The van der Waals surface area contributed by atoms with Gasteiger partial charge in [0.2, 0.25) is 0 Å². The van der Waals surface area contributed by atoms with Gasteiger partial charge in [-0.15, -0.1) is 0 Å². The molecule has 1 aromatic heterocycles. The van der Waals surface area contributed by atoms with Crippen LogP contribution >= 0.6 is 0 Å². The maximum atomic E-state index is 11.7. The van der Waals surface area contributed by atoms with Gasteiger partial charge < -0.3 is 4.98 Å². The quantitative estimate of drug-likeness (QED) is 0.675. The van der Waals surface area contributed by atoms with Gasteiger partial charge in [0, 0.05) is 5.69 Å². The minimum absolute atomic E-state index is 0.0150. The smallest absolute Gasteiger partial charge is 0.256 e. The summed E-state index contributed by atoms with van der Waals surface area (Å²) >= 11 is 0. The molecule has 14 heavy (non-hydrogen) atoms. The lowest BCUT2D eigenvalue weighted by Crippen LogP contribution is -2.09. The van der Waals surface area contributed by atoms with Crippen molar-refractivity contribution in [2.75, 3.05) is 0 Å². The molecular weight excluding hydrogens is 174 g/mol. The van der Waals surface area contributed by atoms with Crippen LogP contribution in [0.1, 0.15) is 16.8 Å². The minimum atomic E-state index is 0.0150. The van der Waals surface area contributed by atoms with Crippen molar-refractivity contribution in [2.45, 2.75) is 20.8 Å². The number of hydrogen-bond acceptors (Lipinski definition) is 1. The van der Waals surface area contributed by atoms with Gasteiger partial charge in [-0.1, -0.05) is 12.1 Å². The summed E-state index contributed by atoms with van der Waals surface area (Å²) in [4.78, 5) is 14.5. The summed E-state index contributed by atoms with van der Waals surface area (Å²) in [6, 6.07) is 6.06. The second-order valence-electron chi connectivity index (χ2n) is 3.75. The number of pyridine rings is 1. The normalized spacial score (nSPS) is 10.8. The average molecular weight is 187 g/mol. The Morgan fingerprint density at radius 3 is 2.57 bits per heavy atom. The standard InChI is InChI=1S/C12H13NO/c1-7-4-5-10-6-8(2)13-12(14)11(10)9(7)3/h4-6H,1-3H3,(H,13,14). The second kappa shape index (κ2) is 2.98. The van der Waals surface area contributed by atoms with Crippen molar-refractivity contribution in [1.29, 1.82) is 0 Å². The number of aromatic nitrogens is 1. The molecule has 1 aromatic carbocycles. The number of fused-ring (bicyclic) bond motifs is 1. The second-order valence-corrected chi connectivity index (χ2v) is 3.75. The summed E-state index contributed by atoms with van der Waals surface area (Å²) in [5, 5.41) is 1.84. The number of aryl methyl sites for hydroxylation is 3. The van der Waals surface area contributed by atoms with Gasteiger partial charge in [0.15, 0.2) is 0 Å². The first-order chi connectivity index (χ1) is 6.59. The molecule has 0 atom stereocenters. The van der Waals surface area contributed by atoms with Crippen molar-refractivity contribution < 1.29 is 0 Å². The van der Waals surface area contributed by atoms with Gasteiger partial charge in [0.05, 0.1) is 5.39 Å². The van der Waals surface area contributed by atoms with Crippen LogP contribution < -0.4 is 5.56 Å². The molecule has 0 aliphatic carbocycles. The average Bonchev–Trinajstić information content (AvgIpc) is 2.10. The van der Waals surface area contributed by atoms with Crippen LogP contribution in [0.5, 0.6) is 0 Å². The molecule has 0 amide bonds. The molecule has 0 spiro atoms. The Hall–Kier alpha value is -1.57. The van der Waals surface area contributed by atoms with Gasteiger partial charge >= 0.3 is 0 Å². The van der Waals surface area contributed by atoms with E-state index < -0.39 is 0 Å². The summed E-state index contributed by atoms with van der Waals surface area (Å²) < 4.78 is 0. The SMILES string of the molecule is Cc1cc2ccc(C)c(C)c2c(=O)[nH]1. The Kier molecular flexibility index (Phi) is 1.92. The van der Waals surface area contributed by atoms with Gasteiger partial charge in [-0.25, -0.2) is 0 Å². The van der Waals surface area contributed by atoms with E-state index in [4.69, 9.17) is 0 Å². The predicted octanol–water partition coefficient (Wildman–Crippen LogP) is 2.45. The Morgan fingerprint density at radius 1 is 1.14 bits per heavy atom. The van der Waals surface area contributed by atoms with Crippen molar-refractivity contribution in [2.24, 2.45) is 0 Å². The van der Waals surface area contributed by atoms with E-state index in [2.05, 4.69) is 11.1 Å². The van der Waals surface area contributed by atoms with E-state index in [1.165, 1.54) is 0 Å². The van der Waals surface area contributed by atoms with E-state index in [-0.39, 0.29) is 5.56 Å². The number of rotatable bonds is 0. The van der Waals surface area contributed by atoms with Crippen LogP contribution in [0.15, 0.2) is 23.0 Å². The molecule has 0 fully saturated rings. The summed E-state index contributed by atoms with van der Waals surface area (Å²) in [5.41, 5.74) is 3.16. The van der Waals surface area contributed by atoms with Gasteiger partial charge in [-0.3, -0.25) is 4.79 Å². The van der Waals surface area contributed by atoms with Crippen LogP contribution in [0, 0.1) is 20.8 Å². The molecule has 2 heteroatoms. The molecule has 0 unspecified atom stereocenters. The highest BCUT2D eigenvalue weighted by molar-refractivity contribution is 5.85. The third-order valence-corrected chi connectivity index (χ3v) is 2.68. The maximum absolute atomic E-state index is 11.7. The van der Waals surface area contributed by atoms with Crippen LogP contribution in [-0.2, 0) is 0 Å². The highest BCUT2D eigenvalue weighted by Gasteiger charge is 2.04. The van der Waals surface area contributed by atoms with Gasteiger partial charge in [-0.2, -0.15) is 0 Å². The third-order valence-electron chi connectivity index (χ3n) is 2.68. The Labute approximate surface area is 82.6 Å². The largest absolute Gasteiger partial charge is 0.326 e. The minimum Gasteiger partial charge on any atom is -0.326 e. The number of aromatic amines is 1. The van der Waals surface area contributed by atoms with Crippen molar-refractivity contribution in [3.05, 3.63) is 45.4 Å². The molecule has 2 nitrogen and oxygen atoms in total. The molecule has 0 aliphatic rings. The van der Waals surface area contributed by atoms with Crippen molar-refractivity contribution in [3.63, 3.8) is 0 Å². The Bertz CT molecular complexity index is 552. The van der Waals surface area contributed by atoms with Gasteiger partial charge in [-0.05, 0) is 43.4 Å². The van der Waals surface area contributed by atoms with Crippen LogP contribution in [-0.4, -0.2) is 4.98 Å². The number of H-pyrrole nitrogens is 1. The summed E-state index contributed by atoms with van der Waals surface area (Å²) in [6.45, 7) is 5.91. The van der Waals surface area contributed by atoms with E-state index in [1.54, 1.807) is 0 Å². The van der Waals surface area contributed by atoms with E-state index >= 15 is 0 Å². The zero-order valence-electron chi connectivity index (χ0n) is 8.64. The van der Waals surface area contributed by atoms with Crippen molar-refractivity contribution in [3.8, 4) is 0 Å². The van der Waals surface area contributed by atoms with Crippen LogP contribution in [0.25, 0.3) is 10.8 Å². The van der Waals surface area contributed by atoms with Crippen LogP contribution in [0.3, 0.4) is 0 Å². The lowest BCUT2D eigenvalue weighted by Gasteiger charge is -2.05. The van der Waals surface area contributed by atoms with Crippen molar-refractivity contribution >= 4 is 10.8 Å². The fourth-order valence-electron chi connectivity index (χ4n) is 1.77. The molecule has 1 heterocycles. The molecule has 72 valence electrons. The third kappa shape index (κ3) is 1.23. The fourth-order valence-corrected chi connectivity index (χ4v) is 1.77. The highest BCUT2D eigenvalue weighted by atomic mass is 16.1. The van der Waals surface area contributed by atoms with Gasteiger partial charge in [0.1, 0.15) is 0 Å². The molecule has 0 bridgehead atoms. The first-order valence-electron chi connectivity index (χ1n) is 4.69. The lowest BCUT2D eigenvalue weighted by atomic mass is 10.0. The highest BCUT2D eigenvalue weighted by Crippen LogP contribution is 2.17. The Morgan fingerprint density at radius 2 is 1.86 bits per heavy atom. The number of hydrogen-bond donors (Lipinski definition) is 1. The first kappa shape index (κ1) is 9.00. The van der Waals surface area contributed by atoms with Gasteiger partial charge in [0.25, 0.3) is 5.56 Å². The van der Waals surface area contributed by atoms with Crippen LogP contribution in [0.4, 0.5) is 0 Å². The number of benzene rings is 1. The summed E-state index contributed by atoms with van der Waals surface area (Å²) in [7, 11) is 0. The van der Waals surface area contributed by atoms with E-state index in [0.717, 1.165) is 27.6 Å². The summed E-state index contributed by atoms with van der Waals surface area (Å²) in [6.07, 6.45) is 0. The Balaban J connectivity index is 3.03. The lowest BCUT2D eigenvalue weighted by molar-refractivity contribution is 1.16. The molecule has 0 aliphatic heterocycles. The zero-order valence-corrected chi connectivity index (χ0v) is 8.64. The molecule has 1 N–H and O–H groups in total. The predicted molar refractivity (Wildman–Crippen MR) is 58.8 cm³/mol. The van der Waals surface area contributed by atoms with Crippen molar-refractivity contribution in [1.82, 2.24) is 4.98 Å². The molecule has 0 radical (unpaired) electrons. The molecule has 2 aromatic rings. The zero-order chi connectivity index (χ0) is 10.3. The topological polar surface area (TPSA) is 32.9 Å². The van der Waals surface area contributed by atoms with E-state index in [9.17, 15) is 4.79 Å². The first-order valence-corrected chi connectivity index (χ1v) is 4.69. The molecular formula is C12H13NO. The maximum Gasteiger partial charge on any atom is 0.256 e. The molecule has 2 rings (SSSR count). The monoisotopic (exact) mass is 187 g/mol. The number of nitrogens with one attached hydrogen (secondary N) is 1.